The summed E-state index contributed by atoms with van der Waals surface area (Å²) in [6.07, 6.45) is 3.46. The van der Waals surface area contributed by atoms with Crippen molar-refractivity contribution in [2.45, 2.75) is 84.7 Å². The lowest BCUT2D eigenvalue weighted by Crippen LogP contribution is -2.37. The number of nitrogens with zero attached hydrogens (tertiary/aromatic N) is 4. The number of nitrogens with one attached hydrogen (secondary N) is 1. The Morgan fingerprint density at radius 3 is 2.49 bits per heavy atom. The molecule has 11 heteroatoms. The molecule has 0 spiro atoms. The third kappa shape index (κ3) is 5.49. The van der Waals surface area contributed by atoms with Crippen LogP contribution < -0.4 is 5.32 Å². The van der Waals surface area contributed by atoms with Crippen molar-refractivity contribution in [3.63, 3.8) is 0 Å². The average Bonchev–Trinajstić information content (AvgIpc) is 3.56. The molecule has 230 valence electrons. The Hall–Kier alpha value is -2.86. The van der Waals surface area contributed by atoms with Crippen molar-refractivity contribution in [1.29, 1.82) is 0 Å². The molecule has 3 aliphatic rings. The maximum Gasteiger partial charge on any atom is 0.281 e. The highest BCUT2D eigenvalue weighted by Crippen LogP contribution is 2.53. The van der Waals surface area contributed by atoms with Crippen LogP contribution in [0.1, 0.15) is 89.5 Å². The predicted molar refractivity (Wildman–Crippen MR) is 168 cm³/mol. The van der Waals surface area contributed by atoms with Gasteiger partial charge in [0.15, 0.2) is 0 Å². The molecule has 1 amide bonds. The smallest absolute Gasteiger partial charge is 0.281 e. The van der Waals surface area contributed by atoms with Crippen molar-refractivity contribution in [1.82, 2.24) is 19.0 Å². The first-order valence-electron chi connectivity index (χ1n) is 15.1. The average molecular weight is 624 g/mol. The number of hydrogen-bond donors (Lipinski definition) is 1. The van der Waals surface area contributed by atoms with Gasteiger partial charge in [0.25, 0.3) is 11.8 Å². The predicted octanol–water partition coefficient (Wildman–Crippen LogP) is 5.47. The summed E-state index contributed by atoms with van der Waals surface area (Å²) in [4.78, 5) is 30.9. The second kappa shape index (κ2) is 10.6. The normalized spacial score (nSPS) is 23.7. The number of fused-ring (bicyclic) bond motifs is 3. The Labute approximate surface area is 258 Å². The first kappa shape index (κ1) is 30.2. The number of likely N-dealkylation sites (N-methyl/N-ethyl adjacent to an activating group) is 1. The lowest BCUT2D eigenvalue weighted by molar-refractivity contribution is 0.0942. The van der Waals surface area contributed by atoms with Gasteiger partial charge in [-0.3, -0.25) is 14.5 Å². The van der Waals surface area contributed by atoms with Crippen LogP contribution in [0.4, 0.5) is 5.00 Å². The molecule has 6 rings (SSSR count). The van der Waals surface area contributed by atoms with Gasteiger partial charge in [0.05, 0.1) is 16.2 Å². The number of hydrogen-bond acceptors (Lipinski definition) is 7. The van der Waals surface area contributed by atoms with E-state index in [9.17, 15) is 18.0 Å². The molecule has 0 radical (unpaired) electrons. The van der Waals surface area contributed by atoms with E-state index in [4.69, 9.17) is 0 Å². The van der Waals surface area contributed by atoms with Gasteiger partial charge in [-0.1, -0.05) is 27.7 Å². The number of carbonyl (C=O) groups excluding carboxylic acids is 2. The number of amides is 1. The molecule has 1 N–H and O–H groups in total. The van der Waals surface area contributed by atoms with Crippen LogP contribution in [-0.2, 0) is 23.0 Å². The van der Waals surface area contributed by atoms with Crippen LogP contribution in [0.15, 0.2) is 35.2 Å². The molecule has 1 aromatic carbocycles. The van der Waals surface area contributed by atoms with Gasteiger partial charge in [-0.25, -0.2) is 13.1 Å². The van der Waals surface area contributed by atoms with Gasteiger partial charge in [0, 0.05) is 41.8 Å². The molecular formula is C32H41N5O4S2. The van der Waals surface area contributed by atoms with Crippen molar-refractivity contribution in [2.75, 3.05) is 25.0 Å². The van der Waals surface area contributed by atoms with Crippen LogP contribution in [0.2, 0.25) is 0 Å². The van der Waals surface area contributed by atoms with Crippen LogP contribution in [0, 0.1) is 24.7 Å². The summed E-state index contributed by atoms with van der Waals surface area (Å²) in [5.41, 5.74) is 3.37. The van der Waals surface area contributed by atoms with Gasteiger partial charge in [-0.15, -0.1) is 11.3 Å². The Morgan fingerprint density at radius 2 is 1.84 bits per heavy atom. The zero-order chi connectivity index (χ0) is 30.9. The third-order valence-corrected chi connectivity index (χ3v) is 12.4. The molecule has 2 atom stereocenters. The highest BCUT2D eigenvalue weighted by atomic mass is 32.2. The first-order chi connectivity index (χ1) is 20.2. The fourth-order valence-corrected chi connectivity index (χ4v) is 10.8. The molecular weight excluding hydrogens is 583 g/mol. The van der Waals surface area contributed by atoms with Crippen LogP contribution in [0.5, 0.6) is 0 Å². The van der Waals surface area contributed by atoms with E-state index < -0.39 is 10.0 Å². The first-order valence-corrected chi connectivity index (χ1v) is 17.3. The summed E-state index contributed by atoms with van der Waals surface area (Å²) in [5, 5.41) is 7.90. The van der Waals surface area contributed by atoms with E-state index >= 15 is 0 Å². The Bertz CT molecular complexity index is 1710. The minimum Gasteiger partial charge on any atom is -0.313 e. The van der Waals surface area contributed by atoms with Gasteiger partial charge >= 0.3 is 0 Å². The monoisotopic (exact) mass is 623 g/mol. The summed E-state index contributed by atoms with van der Waals surface area (Å²) in [6.45, 7) is 15.5. The quantitative estimate of drug-likeness (QED) is 0.391. The summed E-state index contributed by atoms with van der Waals surface area (Å²) in [6, 6.07) is 8.03. The fourth-order valence-electron chi connectivity index (χ4n) is 7.76. The summed E-state index contributed by atoms with van der Waals surface area (Å²) in [7, 11) is -3.70. The van der Waals surface area contributed by atoms with Crippen LogP contribution >= 0.6 is 11.3 Å². The molecule has 1 saturated carbocycles. The van der Waals surface area contributed by atoms with E-state index in [0.717, 1.165) is 67.1 Å². The molecule has 1 aliphatic carbocycles. The second-order valence-electron chi connectivity index (χ2n) is 13.7. The molecule has 9 nitrogen and oxygen atoms in total. The largest absolute Gasteiger partial charge is 0.313 e. The van der Waals surface area contributed by atoms with E-state index in [1.165, 1.54) is 28.2 Å². The van der Waals surface area contributed by atoms with Gasteiger partial charge in [0.1, 0.15) is 5.00 Å². The Balaban J connectivity index is 1.26. The molecule has 2 aliphatic heterocycles. The topological polar surface area (TPSA) is 105 Å². The molecule has 2 aromatic heterocycles. The maximum atomic E-state index is 13.8. The van der Waals surface area contributed by atoms with Crippen molar-refractivity contribution in [2.24, 2.45) is 10.8 Å². The highest BCUT2D eigenvalue weighted by Gasteiger charge is 2.53. The van der Waals surface area contributed by atoms with E-state index in [0.29, 0.717) is 22.7 Å². The van der Waals surface area contributed by atoms with Gasteiger partial charge in [-0.2, -0.15) is 9.40 Å². The van der Waals surface area contributed by atoms with Crippen LogP contribution in [-0.4, -0.2) is 64.9 Å². The number of aromatic nitrogens is 2. The SMILES string of the molecule is CCN1CCc2c(sc(NC(=O)c3ccc(S(=O)(=O)N4CC5(C)CC4CC(C)(C)C5)cc3)c2C(=O)n2nc(C)cc2C)C1. The van der Waals surface area contributed by atoms with Crippen molar-refractivity contribution in [3.05, 3.63) is 63.3 Å². The number of benzene rings is 1. The number of sulfonamides is 1. The summed E-state index contributed by atoms with van der Waals surface area (Å²) in [5.74, 6) is -0.638. The number of thiophene rings is 1. The second-order valence-corrected chi connectivity index (χ2v) is 16.7. The highest BCUT2D eigenvalue weighted by molar-refractivity contribution is 7.89. The van der Waals surface area contributed by atoms with Crippen molar-refractivity contribution in [3.8, 4) is 0 Å². The molecule has 2 fully saturated rings. The fraction of sp³-hybridized carbons (Fsp3) is 0.531. The number of rotatable bonds is 6. The number of carbonyl (C=O) groups is 2. The molecule has 4 heterocycles. The Kier molecular flexibility index (Phi) is 7.47. The number of aryl methyl sites for hydroxylation is 2. The van der Waals surface area contributed by atoms with Gasteiger partial charge in [-0.05, 0) is 92.8 Å². The zero-order valence-electron chi connectivity index (χ0n) is 25.9. The van der Waals surface area contributed by atoms with Gasteiger partial charge in [0.2, 0.25) is 10.0 Å². The van der Waals surface area contributed by atoms with Crippen LogP contribution in [0.25, 0.3) is 0 Å². The molecule has 2 unspecified atom stereocenters. The van der Waals surface area contributed by atoms with Crippen LogP contribution in [0.3, 0.4) is 0 Å². The standard InChI is InChI=1S/C32H41N5O4S2/c1-7-35-13-12-25-26(17-35)42-29(27(25)30(39)37-21(3)14-20(2)34-37)33-28(38)22-8-10-24(11-9-22)43(40,41)36-19-32(6)16-23(36)15-31(4,5)18-32/h8-11,14,23H,7,12-13,15-19H2,1-6H3,(H,33,38). The number of anilines is 1. The minimum absolute atomic E-state index is 0.00612. The van der Waals surface area contributed by atoms with Crippen molar-refractivity contribution >= 4 is 38.2 Å². The summed E-state index contributed by atoms with van der Waals surface area (Å²) < 4.78 is 30.5. The minimum atomic E-state index is -3.70. The lowest BCUT2D eigenvalue weighted by atomic mass is 9.65. The van der Waals surface area contributed by atoms with E-state index in [2.05, 4.69) is 43.0 Å². The maximum absolute atomic E-state index is 13.8. The van der Waals surface area contributed by atoms with Gasteiger partial charge < -0.3 is 5.32 Å². The molecule has 43 heavy (non-hydrogen) atoms. The van der Waals surface area contributed by atoms with E-state index in [1.54, 1.807) is 16.4 Å². The Morgan fingerprint density at radius 1 is 1.12 bits per heavy atom. The molecule has 2 bridgehead atoms. The van der Waals surface area contributed by atoms with Crippen molar-refractivity contribution < 1.29 is 18.0 Å². The zero-order valence-corrected chi connectivity index (χ0v) is 27.5. The third-order valence-electron chi connectivity index (χ3n) is 9.32. The lowest BCUT2D eigenvalue weighted by Gasteiger charge is -2.39. The van der Waals surface area contributed by atoms with E-state index in [-0.39, 0.29) is 33.6 Å². The van der Waals surface area contributed by atoms with E-state index in [1.807, 2.05) is 19.9 Å². The molecule has 1 saturated heterocycles. The molecule has 3 aromatic rings. The summed E-state index contributed by atoms with van der Waals surface area (Å²) >= 11 is 1.43.